The van der Waals surface area contributed by atoms with Crippen molar-refractivity contribution in [3.05, 3.63) is 35.1 Å². The zero-order valence-corrected chi connectivity index (χ0v) is 12.9. The van der Waals surface area contributed by atoms with Gasteiger partial charge in [-0.2, -0.15) is 0 Å². The molecule has 1 N–H and O–H groups in total. The van der Waals surface area contributed by atoms with E-state index < -0.39 is 0 Å². The van der Waals surface area contributed by atoms with Crippen LogP contribution in [-0.4, -0.2) is 13.1 Å². The molecular formula is C18H28FN. The summed E-state index contributed by atoms with van der Waals surface area (Å²) < 4.78 is 13.4. The molecule has 20 heavy (non-hydrogen) atoms. The Hall–Kier alpha value is -0.890. The van der Waals surface area contributed by atoms with Gasteiger partial charge in [-0.25, -0.2) is 4.39 Å². The second-order valence-electron chi connectivity index (χ2n) is 6.28. The van der Waals surface area contributed by atoms with Crippen LogP contribution in [0.3, 0.4) is 0 Å². The molecule has 1 aromatic carbocycles. The van der Waals surface area contributed by atoms with E-state index >= 15 is 0 Å². The summed E-state index contributed by atoms with van der Waals surface area (Å²) in [6.07, 6.45) is 10.5. The molecule has 0 bridgehead atoms. The Morgan fingerprint density at radius 3 is 2.45 bits per heavy atom. The molecule has 2 rings (SSSR count). The predicted molar refractivity (Wildman–Crippen MR) is 83.5 cm³/mol. The fraction of sp³-hybridized carbons (Fsp3) is 0.667. The van der Waals surface area contributed by atoms with Crippen LogP contribution in [0, 0.1) is 18.7 Å². The van der Waals surface area contributed by atoms with Crippen molar-refractivity contribution in [1.82, 2.24) is 5.32 Å². The second-order valence-corrected chi connectivity index (χ2v) is 6.28. The van der Waals surface area contributed by atoms with Gasteiger partial charge in [-0.15, -0.1) is 0 Å². The van der Waals surface area contributed by atoms with E-state index in [0.717, 1.165) is 17.9 Å². The minimum Gasteiger partial charge on any atom is -0.316 e. The van der Waals surface area contributed by atoms with Gasteiger partial charge in [-0.3, -0.25) is 0 Å². The molecule has 0 radical (unpaired) electrons. The van der Waals surface area contributed by atoms with E-state index in [0.29, 0.717) is 6.04 Å². The van der Waals surface area contributed by atoms with Crippen molar-refractivity contribution in [3.8, 4) is 0 Å². The number of hydrogen-bond acceptors (Lipinski definition) is 1. The van der Waals surface area contributed by atoms with Crippen molar-refractivity contribution in [2.45, 2.75) is 64.3 Å². The van der Waals surface area contributed by atoms with Crippen LogP contribution < -0.4 is 5.32 Å². The summed E-state index contributed by atoms with van der Waals surface area (Å²) >= 11 is 0. The molecule has 1 aliphatic carbocycles. The van der Waals surface area contributed by atoms with Gasteiger partial charge in [0.1, 0.15) is 5.82 Å². The first-order valence-corrected chi connectivity index (χ1v) is 8.13. The smallest absolute Gasteiger partial charge is 0.123 e. The molecule has 1 aromatic rings. The highest BCUT2D eigenvalue weighted by molar-refractivity contribution is 5.27. The van der Waals surface area contributed by atoms with Crippen LogP contribution >= 0.6 is 0 Å². The first-order valence-electron chi connectivity index (χ1n) is 8.13. The Bertz CT molecular complexity index is 408. The zero-order valence-electron chi connectivity index (χ0n) is 12.9. The molecule has 0 spiro atoms. The van der Waals surface area contributed by atoms with Gasteiger partial charge in [-0.1, -0.05) is 38.2 Å². The van der Waals surface area contributed by atoms with Crippen molar-refractivity contribution >= 4 is 0 Å². The number of nitrogens with one attached hydrogen (secondary N) is 1. The number of hydrogen-bond donors (Lipinski definition) is 1. The van der Waals surface area contributed by atoms with Crippen LogP contribution in [-0.2, 0) is 6.42 Å². The molecule has 1 nitrogen and oxygen atoms in total. The summed E-state index contributed by atoms with van der Waals surface area (Å²) in [5.74, 6) is 0.626. The molecule has 0 heterocycles. The van der Waals surface area contributed by atoms with E-state index in [2.05, 4.69) is 19.3 Å². The van der Waals surface area contributed by atoms with Crippen LogP contribution in [0.2, 0.25) is 0 Å². The standard InChI is InChI=1S/C18H28FN/c1-14-10-11-17(19)12-16(14)13-18(20-2)15-8-6-4-3-5-7-9-15/h10-12,15,18,20H,3-9,13H2,1-2H3. The van der Waals surface area contributed by atoms with Crippen LogP contribution in [0.5, 0.6) is 0 Å². The predicted octanol–water partition coefficient (Wildman–Crippen LogP) is 4.63. The highest BCUT2D eigenvalue weighted by atomic mass is 19.1. The van der Waals surface area contributed by atoms with Crippen molar-refractivity contribution in [2.75, 3.05) is 7.05 Å². The molecule has 1 fully saturated rings. The quantitative estimate of drug-likeness (QED) is 0.846. The maximum Gasteiger partial charge on any atom is 0.123 e. The molecular weight excluding hydrogens is 249 g/mol. The van der Waals surface area contributed by atoms with Crippen LogP contribution in [0.15, 0.2) is 18.2 Å². The van der Waals surface area contributed by atoms with E-state index in [1.165, 1.54) is 50.5 Å². The Balaban J connectivity index is 2.04. The van der Waals surface area contributed by atoms with E-state index in [4.69, 9.17) is 0 Å². The molecule has 2 heteroatoms. The van der Waals surface area contributed by atoms with Crippen LogP contribution in [0.4, 0.5) is 4.39 Å². The molecule has 1 saturated carbocycles. The lowest BCUT2D eigenvalue weighted by molar-refractivity contribution is 0.293. The molecule has 0 amide bonds. The van der Waals surface area contributed by atoms with Crippen molar-refractivity contribution in [1.29, 1.82) is 0 Å². The number of benzene rings is 1. The first kappa shape index (κ1) is 15.5. The molecule has 1 aliphatic rings. The second kappa shape index (κ2) is 7.78. The van der Waals surface area contributed by atoms with Crippen LogP contribution in [0.25, 0.3) is 0 Å². The minimum absolute atomic E-state index is 0.113. The number of halogens is 1. The topological polar surface area (TPSA) is 12.0 Å². The van der Waals surface area contributed by atoms with Gasteiger partial charge < -0.3 is 5.32 Å². The number of rotatable bonds is 4. The third-order valence-electron chi connectivity index (χ3n) is 4.84. The third kappa shape index (κ3) is 4.31. The van der Waals surface area contributed by atoms with Crippen molar-refractivity contribution in [3.63, 3.8) is 0 Å². The van der Waals surface area contributed by atoms with Gasteiger partial charge in [0.25, 0.3) is 0 Å². The summed E-state index contributed by atoms with van der Waals surface area (Å²) in [6.45, 7) is 2.08. The normalized spacial score (nSPS) is 19.4. The van der Waals surface area contributed by atoms with E-state index in [-0.39, 0.29) is 5.82 Å². The van der Waals surface area contributed by atoms with Crippen molar-refractivity contribution in [2.24, 2.45) is 5.92 Å². The Morgan fingerprint density at radius 2 is 1.80 bits per heavy atom. The molecule has 0 aromatic heterocycles. The van der Waals surface area contributed by atoms with Gasteiger partial charge in [0.15, 0.2) is 0 Å². The van der Waals surface area contributed by atoms with E-state index in [1.807, 2.05) is 6.07 Å². The van der Waals surface area contributed by atoms with Crippen molar-refractivity contribution < 1.29 is 4.39 Å². The van der Waals surface area contributed by atoms with Gasteiger partial charge in [0.05, 0.1) is 0 Å². The highest BCUT2D eigenvalue weighted by Gasteiger charge is 2.21. The lowest BCUT2D eigenvalue weighted by Crippen LogP contribution is -2.36. The lowest BCUT2D eigenvalue weighted by Gasteiger charge is -2.29. The fourth-order valence-electron chi connectivity index (χ4n) is 3.49. The first-order chi connectivity index (χ1) is 9.70. The molecule has 1 unspecified atom stereocenters. The molecule has 112 valence electrons. The highest BCUT2D eigenvalue weighted by Crippen LogP contribution is 2.27. The van der Waals surface area contributed by atoms with E-state index in [1.54, 1.807) is 12.1 Å². The Kier molecular flexibility index (Phi) is 6.03. The van der Waals surface area contributed by atoms with Gasteiger partial charge >= 0.3 is 0 Å². The molecule has 0 aliphatic heterocycles. The summed E-state index contributed by atoms with van der Waals surface area (Å²) in [5, 5.41) is 3.49. The van der Waals surface area contributed by atoms with Gasteiger partial charge in [0.2, 0.25) is 0 Å². The maximum absolute atomic E-state index is 13.4. The Morgan fingerprint density at radius 1 is 1.15 bits per heavy atom. The number of likely N-dealkylation sites (N-methyl/N-ethyl adjacent to an activating group) is 1. The number of aryl methyl sites for hydroxylation is 1. The molecule has 1 atom stereocenters. The SMILES string of the molecule is CNC(Cc1cc(F)ccc1C)C1CCCCCCC1. The summed E-state index contributed by atoms with van der Waals surface area (Å²) in [6, 6.07) is 5.65. The average molecular weight is 277 g/mol. The van der Waals surface area contributed by atoms with Gasteiger partial charge in [-0.05, 0) is 62.4 Å². The largest absolute Gasteiger partial charge is 0.316 e. The van der Waals surface area contributed by atoms with Crippen LogP contribution in [0.1, 0.15) is 56.1 Å². The van der Waals surface area contributed by atoms with Gasteiger partial charge in [0, 0.05) is 6.04 Å². The average Bonchev–Trinajstić information content (AvgIpc) is 2.40. The minimum atomic E-state index is -0.113. The summed E-state index contributed by atoms with van der Waals surface area (Å²) in [5.41, 5.74) is 2.36. The maximum atomic E-state index is 13.4. The zero-order chi connectivity index (χ0) is 14.4. The van der Waals surface area contributed by atoms with E-state index in [9.17, 15) is 4.39 Å². The third-order valence-corrected chi connectivity index (χ3v) is 4.84. The lowest BCUT2D eigenvalue weighted by atomic mass is 9.83. The Labute approximate surface area is 123 Å². The summed E-state index contributed by atoms with van der Waals surface area (Å²) in [4.78, 5) is 0. The monoisotopic (exact) mass is 277 g/mol. The fourth-order valence-corrected chi connectivity index (χ4v) is 3.49. The molecule has 0 saturated heterocycles. The summed E-state index contributed by atoms with van der Waals surface area (Å²) in [7, 11) is 2.05.